The number of benzene rings is 1. The van der Waals surface area contributed by atoms with Crippen LogP contribution in [0.3, 0.4) is 0 Å². The second-order valence-electron chi connectivity index (χ2n) is 3.86. The summed E-state index contributed by atoms with van der Waals surface area (Å²) in [4.78, 5) is 26.6. The Kier molecular flexibility index (Phi) is 2.30. The first kappa shape index (κ1) is 10.5. The van der Waals surface area contributed by atoms with Gasteiger partial charge in [0.1, 0.15) is 6.54 Å². The van der Waals surface area contributed by atoms with Crippen LogP contribution in [0.1, 0.15) is 10.4 Å². The molecule has 1 aliphatic heterocycles. The normalized spacial score (nSPS) is 16.1. The molecule has 0 radical (unpaired) electrons. The SMILES string of the molecule is CN1CC(=O)N(C)c2cccc(N)c2C1=O. The van der Waals surface area contributed by atoms with E-state index in [0.29, 0.717) is 16.9 Å². The Morgan fingerprint density at radius 3 is 2.62 bits per heavy atom. The molecule has 1 aromatic carbocycles. The third-order valence-electron chi connectivity index (χ3n) is 2.74. The summed E-state index contributed by atoms with van der Waals surface area (Å²) in [5, 5.41) is 0. The van der Waals surface area contributed by atoms with Crippen LogP contribution in [-0.4, -0.2) is 37.4 Å². The van der Waals surface area contributed by atoms with Crippen molar-refractivity contribution in [3.63, 3.8) is 0 Å². The molecule has 1 aliphatic rings. The molecule has 16 heavy (non-hydrogen) atoms. The average Bonchev–Trinajstić information content (AvgIpc) is 2.32. The molecular weight excluding hydrogens is 206 g/mol. The molecule has 0 bridgehead atoms. The van der Waals surface area contributed by atoms with E-state index in [0.717, 1.165) is 0 Å². The second kappa shape index (κ2) is 3.52. The van der Waals surface area contributed by atoms with Gasteiger partial charge < -0.3 is 15.5 Å². The minimum absolute atomic E-state index is 0.0729. The first-order chi connectivity index (χ1) is 7.52. The van der Waals surface area contributed by atoms with Gasteiger partial charge in [-0.15, -0.1) is 0 Å². The molecule has 0 aromatic heterocycles. The van der Waals surface area contributed by atoms with E-state index in [9.17, 15) is 9.59 Å². The molecule has 1 aromatic rings. The van der Waals surface area contributed by atoms with Gasteiger partial charge in [0.15, 0.2) is 0 Å². The molecule has 2 amide bonds. The number of nitrogens with zero attached hydrogens (tertiary/aromatic N) is 2. The number of carbonyl (C=O) groups is 2. The van der Waals surface area contributed by atoms with Crippen molar-refractivity contribution < 1.29 is 9.59 Å². The molecule has 5 nitrogen and oxygen atoms in total. The highest BCUT2D eigenvalue weighted by Gasteiger charge is 2.28. The van der Waals surface area contributed by atoms with Crippen LogP contribution in [0.4, 0.5) is 11.4 Å². The summed E-state index contributed by atoms with van der Waals surface area (Å²) in [5.41, 5.74) is 7.15. The largest absolute Gasteiger partial charge is 0.398 e. The summed E-state index contributed by atoms with van der Waals surface area (Å²) in [5.74, 6) is -0.342. The first-order valence-electron chi connectivity index (χ1n) is 4.93. The monoisotopic (exact) mass is 219 g/mol. The van der Waals surface area contributed by atoms with Crippen LogP contribution in [0.5, 0.6) is 0 Å². The van der Waals surface area contributed by atoms with E-state index in [4.69, 9.17) is 5.73 Å². The third kappa shape index (κ3) is 1.41. The molecule has 2 N–H and O–H groups in total. The van der Waals surface area contributed by atoms with Crippen molar-refractivity contribution in [2.24, 2.45) is 0 Å². The Bertz CT molecular complexity index is 470. The number of hydrogen-bond acceptors (Lipinski definition) is 3. The average molecular weight is 219 g/mol. The second-order valence-corrected chi connectivity index (χ2v) is 3.86. The zero-order valence-electron chi connectivity index (χ0n) is 9.23. The molecule has 2 rings (SSSR count). The van der Waals surface area contributed by atoms with Crippen molar-refractivity contribution in [2.75, 3.05) is 31.3 Å². The summed E-state index contributed by atoms with van der Waals surface area (Å²) >= 11 is 0. The summed E-state index contributed by atoms with van der Waals surface area (Å²) in [6.07, 6.45) is 0. The Labute approximate surface area is 93.4 Å². The van der Waals surface area contributed by atoms with Crippen LogP contribution in [0.2, 0.25) is 0 Å². The van der Waals surface area contributed by atoms with Crippen molar-refractivity contribution in [1.82, 2.24) is 4.90 Å². The van der Waals surface area contributed by atoms with Crippen molar-refractivity contribution in [3.05, 3.63) is 23.8 Å². The number of carbonyl (C=O) groups excluding carboxylic acids is 2. The van der Waals surface area contributed by atoms with E-state index in [1.807, 2.05) is 0 Å². The molecule has 0 aliphatic carbocycles. The summed E-state index contributed by atoms with van der Waals surface area (Å²) in [6.45, 7) is 0.0729. The molecule has 1 heterocycles. The van der Waals surface area contributed by atoms with E-state index in [1.54, 1.807) is 32.3 Å². The smallest absolute Gasteiger partial charge is 0.258 e. The number of hydrogen-bond donors (Lipinski definition) is 1. The maximum absolute atomic E-state index is 12.0. The van der Waals surface area contributed by atoms with Crippen molar-refractivity contribution in [2.45, 2.75) is 0 Å². The van der Waals surface area contributed by atoms with Gasteiger partial charge in [-0.25, -0.2) is 0 Å². The lowest BCUT2D eigenvalue weighted by Crippen LogP contribution is -2.35. The molecule has 0 unspecified atom stereocenters. The number of rotatable bonds is 0. The number of likely N-dealkylation sites (N-methyl/N-ethyl adjacent to an activating group) is 2. The summed E-state index contributed by atoms with van der Waals surface area (Å²) < 4.78 is 0. The van der Waals surface area contributed by atoms with Gasteiger partial charge in [0.2, 0.25) is 5.91 Å². The van der Waals surface area contributed by atoms with Crippen LogP contribution in [0, 0.1) is 0 Å². The number of nitrogens with two attached hydrogens (primary N) is 1. The van der Waals surface area contributed by atoms with Gasteiger partial charge in [-0.05, 0) is 12.1 Å². The molecular formula is C11H13N3O2. The quantitative estimate of drug-likeness (QED) is 0.639. The molecule has 84 valence electrons. The molecule has 0 saturated heterocycles. The predicted molar refractivity (Wildman–Crippen MR) is 61.2 cm³/mol. The number of amides is 2. The van der Waals surface area contributed by atoms with Gasteiger partial charge in [-0.2, -0.15) is 0 Å². The van der Waals surface area contributed by atoms with E-state index in [-0.39, 0.29) is 18.4 Å². The fourth-order valence-corrected chi connectivity index (χ4v) is 1.78. The fourth-order valence-electron chi connectivity index (χ4n) is 1.78. The number of nitrogen functional groups attached to an aromatic ring is 1. The highest BCUT2D eigenvalue weighted by atomic mass is 16.2. The topological polar surface area (TPSA) is 66.6 Å². The van der Waals surface area contributed by atoms with Crippen LogP contribution in [-0.2, 0) is 4.79 Å². The van der Waals surface area contributed by atoms with E-state index in [1.165, 1.54) is 9.80 Å². The predicted octanol–water partition coefficient (Wildman–Crippen LogP) is 0.317. The maximum Gasteiger partial charge on any atom is 0.258 e. The lowest BCUT2D eigenvalue weighted by atomic mass is 10.1. The highest BCUT2D eigenvalue weighted by Crippen LogP contribution is 2.28. The highest BCUT2D eigenvalue weighted by molar-refractivity contribution is 6.12. The number of anilines is 2. The van der Waals surface area contributed by atoms with Gasteiger partial charge in [0, 0.05) is 19.8 Å². The van der Waals surface area contributed by atoms with Crippen LogP contribution < -0.4 is 10.6 Å². The van der Waals surface area contributed by atoms with Crippen molar-refractivity contribution in [3.8, 4) is 0 Å². The molecule has 0 spiro atoms. The molecule has 5 heteroatoms. The third-order valence-corrected chi connectivity index (χ3v) is 2.74. The Hall–Kier alpha value is -2.04. The van der Waals surface area contributed by atoms with Crippen molar-refractivity contribution >= 4 is 23.2 Å². The minimum Gasteiger partial charge on any atom is -0.398 e. The summed E-state index contributed by atoms with van der Waals surface area (Å²) in [7, 11) is 3.24. The Balaban J connectivity index is 2.67. The molecule has 0 saturated carbocycles. The first-order valence-corrected chi connectivity index (χ1v) is 4.93. The summed E-state index contributed by atoms with van der Waals surface area (Å²) in [6, 6.07) is 5.12. The van der Waals surface area contributed by atoms with Crippen LogP contribution >= 0.6 is 0 Å². The van der Waals surface area contributed by atoms with Gasteiger partial charge in [0.05, 0.1) is 11.3 Å². The lowest BCUT2D eigenvalue weighted by Gasteiger charge is -2.16. The molecule has 0 fully saturated rings. The van der Waals surface area contributed by atoms with Gasteiger partial charge >= 0.3 is 0 Å². The Morgan fingerprint density at radius 1 is 1.25 bits per heavy atom. The number of fused-ring (bicyclic) bond motifs is 1. The maximum atomic E-state index is 12.0. The van der Waals surface area contributed by atoms with Crippen LogP contribution in [0.25, 0.3) is 0 Å². The van der Waals surface area contributed by atoms with Gasteiger partial charge in [-0.3, -0.25) is 9.59 Å². The van der Waals surface area contributed by atoms with E-state index in [2.05, 4.69) is 0 Å². The Morgan fingerprint density at radius 2 is 1.94 bits per heavy atom. The minimum atomic E-state index is -0.217. The standard InChI is InChI=1S/C11H13N3O2/c1-13-6-9(15)14(2)8-5-3-4-7(12)10(8)11(13)16/h3-5H,6,12H2,1-2H3. The fraction of sp³-hybridized carbons (Fsp3) is 0.273. The van der Waals surface area contributed by atoms with Crippen LogP contribution in [0.15, 0.2) is 18.2 Å². The van der Waals surface area contributed by atoms with Gasteiger partial charge in [0.25, 0.3) is 5.91 Å². The molecule has 0 atom stereocenters. The zero-order valence-corrected chi connectivity index (χ0v) is 9.23. The lowest BCUT2D eigenvalue weighted by molar-refractivity contribution is -0.118. The van der Waals surface area contributed by atoms with Gasteiger partial charge in [-0.1, -0.05) is 6.07 Å². The van der Waals surface area contributed by atoms with E-state index >= 15 is 0 Å². The van der Waals surface area contributed by atoms with E-state index < -0.39 is 0 Å². The van der Waals surface area contributed by atoms with Crippen molar-refractivity contribution in [1.29, 1.82) is 0 Å². The zero-order chi connectivity index (χ0) is 11.9.